The van der Waals surface area contributed by atoms with E-state index in [-0.39, 0.29) is 18.2 Å². The molecule has 1 atom stereocenters. The van der Waals surface area contributed by atoms with E-state index in [1.54, 1.807) is 29.3 Å². The molecular formula is C28H28N4O4. The maximum absolute atomic E-state index is 12.9. The summed E-state index contributed by atoms with van der Waals surface area (Å²) in [6, 6.07) is 16.4. The standard InChI is InChI=1S/C28H28N4O4/c1-3-4-13-24(33)32-17-16-31-19-23(30-26(31)25(32)21-10-6-5-7-11-21)27(34)29-15-14-20-9-8-12-22(18-20)28(35)36-2/h1,5-12,18-19,25H,4,13-17H2,2H3,(H,29,34). The zero-order valence-corrected chi connectivity index (χ0v) is 20.1. The molecule has 1 N–H and O–H groups in total. The van der Waals surface area contributed by atoms with Gasteiger partial charge < -0.3 is 19.5 Å². The van der Waals surface area contributed by atoms with Gasteiger partial charge in [0.1, 0.15) is 17.6 Å². The molecule has 3 aromatic rings. The predicted molar refractivity (Wildman–Crippen MR) is 134 cm³/mol. The predicted octanol–water partition coefficient (Wildman–Crippen LogP) is 2.99. The number of esters is 1. The van der Waals surface area contributed by atoms with Gasteiger partial charge in [-0.15, -0.1) is 12.3 Å². The van der Waals surface area contributed by atoms with Crippen LogP contribution in [0.15, 0.2) is 60.8 Å². The van der Waals surface area contributed by atoms with E-state index in [4.69, 9.17) is 11.2 Å². The van der Waals surface area contributed by atoms with Crippen LogP contribution >= 0.6 is 0 Å². The summed E-state index contributed by atoms with van der Waals surface area (Å²) in [5.41, 5.74) is 2.60. The largest absolute Gasteiger partial charge is 0.465 e. The number of imidazole rings is 1. The minimum atomic E-state index is -0.399. The molecule has 8 nitrogen and oxygen atoms in total. The van der Waals surface area contributed by atoms with Gasteiger partial charge in [0.2, 0.25) is 5.91 Å². The van der Waals surface area contributed by atoms with Crippen LogP contribution in [0.1, 0.15) is 56.7 Å². The van der Waals surface area contributed by atoms with Crippen molar-refractivity contribution in [1.82, 2.24) is 19.8 Å². The number of benzene rings is 2. The molecule has 4 rings (SSSR count). The normalized spacial score (nSPS) is 14.4. The molecule has 2 heterocycles. The lowest BCUT2D eigenvalue weighted by molar-refractivity contribution is -0.133. The molecule has 184 valence electrons. The lowest BCUT2D eigenvalue weighted by atomic mass is 10.0. The summed E-state index contributed by atoms with van der Waals surface area (Å²) < 4.78 is 6.70. The number of hydrogen-bond donors (Lipinski definition) is 1. The van der Waals surface area contributed by atoms with E-state index >= 15 is 0 Å². The molecule has 1 unspecified atom stereocenters. The molecule has 0 saturated carbocycles. The Kier molecular flexibility index (Phi) is 7.81. The Balaban J connectivity index is 1.49. The van der Waals surface area contributed by atoms with Crippen molar-refractivity contribution < 1.29 is 19.1 Å². The molecule has 1 aliphatic rings. The fourth-order valence-corrected chi connectivity index (χ4v) is 4.36. The lowest BCUT2D eigenvalue weighted by Gasteiger charge is -2.36. The van der Waals surface area contributed by atoms with Crippen LogP contribution in [0.4, 0.5) is 0 Å². The van der Waals surface area contributed by atoms with Gasteiger partial charge >= 0.3 is 5.97 Å². The highest BCUT2D eigenvalue weighted by Crippen LogP contribution is 2.32. The molecule has 0 bridgehead atoms. The Bertz CT molecular complexity index is 1290. The summed E-state index contributed by atoms with van der Waals surface area (Å²) in [6.07, 6.45) is 8.30. The van der Waals surface area contributed by atoms with Crippen molar-refractivity contribution in [2.24, 2.45) is 0 Å². The SMILES string of the molecule is C#CCCC(=O)N1CCn2cc(C(=O)NCCc3cccc(C(=O)OC)c3)nc2C1c1ccccc1. The first-order chi connectivity index (χ1) is 17.5. The molecule has 2 aromatic carbocycles. The van der Waals surface area contributed by atoms with E-state index in [1.807, 2.05) is 41.0 Å². The maximum Gasteiger partial charge on any atom is 0.337 e. The summed E-state index contributed by atoms with van der Waals surface area (Å²) >= 11 is 0. The zero-order chi connectivity index (χ0) is 25.5. The lowest BCUT2D eigenvalue weighted by Crippen LogP contribution is -2.42. The van der Waals surface area contributed by atoms with Gasteiger partial charge in [-0.2, -0.15) is 0 Å². The Morgan fingerprint density at radius 2 is 1.94 bits per heavy atom. The number of carbonyl (C=O) groups is 3. The van der Waals surface area contributed by atoms with Crippen molar-refractivity contribution in [3.63, 3.8) is 0 Å². The summed E-state index contributed by atoms with van der Waals surface area (Å²) in [5, 5.41) is 2.90. The fourth-order valence-electron chi connectivity index (χ4n) is 4.36. The number of rotatable bonds is 8. The third-order valence-corrected chi connectivity index (χ3v) is 6.14. The quantitative estimate of drug-likeness (QED) is 0.392. The van der Waals surface area contributed by atoms with E-state index < -0.39 is 12.0 Å². The molecule has 1 aliphatic heterocycles. The Morgan fingerprint density at radius 3 is 2.69 bits per heavy atom. The molecule has 0 radical (unpaired) electrons. The first kappa shape index (κ1) is 24.7. The van der Waals surface area contributed by atoms with Gasteiger partial charge in [0, 0.05) is 38.7 Å². The highest BCUT2D eigenvalue weighted by Gasteiger charge is 2.34. The molecule has 0 saturated heterocycles. The minimum absolute atomic E-state index is 0.0313. The topological polar surface area (TPSA) is 93.5 Å². The van der Waals surface area contributed by atoms with Gasteiger partial charge in [-0.25, -0.2) is 9.78 Å². The average Bonchev–Trinajstić information content (AvgIpc) is 3.36. The van der Waals surface area contributed by atoms with Gasteiger partial charge in [0.15, 0.2) is 0 Å². The second-order valence-electron chi connectivity index (χ2n) is 8.48. The van der Waals surface area contributed by atoms with E-state index in [2.05, 4.69) is 16.2 Å². The zero-order valence-electron chi connectivity index (χ0n) is 20.1. The van der Waals surface area contributed by atoms with Gasteiger partial charge in [-0.05, 0) is 29.7 Å². The van der Waals surface area contributed by atoms with Crippen LogP contribution in [0.3, 0.4) is 0 Å². The minimum Gasteiger partial charge on any atom is -0.465 e. The highest BCUT2D eigenvalue weighted by atomic mass is 16.5. The number of hydrogen-bond acceptors (Lipinski definition) is 5. The number of nitrogens with one attached hydrogen (secondary N) is 1. The third-order valence-electron chi connectivity index (χ3n) is 6.14. The van der Waals surface area contributed by atoms with Gasteiger partial charge in [-0.3, -0.25) is 9.59 Å². The van der Waals surface area contributed by atoms with Crippen molar-refractivity contribution in [2.75, 3.05) is 20.2 Å². The van der Waals surface area contributed by atoms with Crippen LogP contribution in [0.25, 0.3) is 0 Å². The maximum atomic E-state index is 12.9. The number of ether oxygens (including phenoxy) is 1. The summed E-state index contributed by atoms with van der Waals surface area (Å²) in [7, 11) is 1.34. The molecule has 8 heteroatoms. The molecular weight excluding hydrogens is 456 g/mol. The number of amides is 2. The van der Waals surface area contributed by atoms with Crippen molar-refractivity contribution in [1.29, 1.82) is 0 Å². The molecule has 0 fully saturated rings. The monoisotopic (exact) mass is 484 g/mol. The van der Waals surface area contributed by atoms with Crippen molar-refractivity contribution in [3.8, 4) is 12.3 Å². The van der Waals surface area contributed by atoms with Crippen LogP contribution in [0.5, 0.6) is 0 Å². The van der Waals surface area contributed by atoms with Gasteiger partial charge in [0.05, 0.1) is 12.7 Å². The van der Waals surface area contributed by atoms with Crippen LogP contribution < -0.4 is 5.32 Å². The molecule has 2 amide bonds. The number of nitrogens with zero attached hydrogens (tertiary/aromatic N) is 3. The summed E-state index contributed by atoms with van der Waals surface area (Å²) in [5.74, 6) is 2.46. The fraction of sp³-hybridized carbons (Fsp3) is 0.286. The molecule has 0 aliphatic carbocycles. The second kappa shape index (κ2) is 11.4. The van der Waals surface area contributed by atoms with E-state index in [1.165, 1.54) is 7.11 Å². The average molecular weight is 485 g/mol. The van der Waals surface area contributed by atoms with Crippen molar-refractivity contribution in [3.05, 3.63) is 89.0 Å². The Morgan fingerprint density at radius 1 is 1.14 bits per heavy atom. The summed E-state index contributed by atoms with van der Waals surface area (Å²) in [6.45, 7) is 1.43. The smallest absolute Gasteiger partial charge is 0.337 e. The molecule has 36 heavy (non-hydrogen) atoms. The third kappa shape index (κ3) is 5.47. The second-order valence-corrected chi connectivity index (χ2v) is 8.48. The van der Waals surface area contributed by atoms with E-state index in [0.717, 1.165) is 11.1 Å². The van der Waals surface area contributed by atoms with Gasteiger partial charge in [0.25, 0.3) is 5.91 Å². The van der Waals surface area contributed by atoms with E-state index in [0.29, 0.717) is 49.6 Å². The first-order valence-corrected chi connectivity index (χ1v) is 11.8. The number of fused-ring (bicyclic) bond motifs is 1. The highest BCUT2D eigenvalue weighted by molar-refractivity contribution is 5.92. The van der Waals surface area contributed by atoms with Crippen LogP contribution in [-0.4, -0.2) is 52.4 Å². The van der Waals surface area contributed by atoms with Gasteiger partial charge in [-0.1, -0.05) is 42.5 Å². The van der Waals surface area contributed by atoms with Crippen molar-refractivity contribution in [2.45, 2.75) is 31.8 Å². The van der Waals surface area contributed by atoms with Crippen molar-refractivity contribution >= 4 is 17.8 Å². The van der Waals surface area contributed by atoms with Crippen LogP contribution in [0, 0.1) is 12.3 Å². The van der Waals surface area contributed by atoms with E-state index in [9.17, 15) is 14.4 Å². The number of carbonyl (C=O) groups excluding carboxylic acids is 3. The molecule has 0 spiro atoms. The Hall–Kier alpha value is -4.38. The first-order valence-electron chi connectivity index (χ1n) is 11.8. The van der Waals surface area contributed by atoms with Crippen LogP contribution in [0.2, 0.25) is 0 Å². The number of methoxy groups -OCH3 is 1. The molecule has 1 aromatic heterocycles. The summed E-state index contributed by atoms with van der Waals surface area (Å²) in [4.78, 5) is 44.0. The number of terminal acetylenes is 1. The Labute approximate surface area is 210 Å². The number of aromatic nitrogens is 2. The van der Waals surface area contributed by atoms with Crippen LogP contribution in [-0.2, 0) is 22.5 Å².